The highest BCUT2D eigenvalue weighted by molar-refractivity contribution is 7.92. The van der Waals surface area contributed by atoms with Gasteiger partial charge >= 0.3 is 0 Å². The second kappa shape index (κ2) is 7.99. The second-order valence-electron chi connectivity index (χ2n) is 5.49. The quantitative estimate of drug-likeness (QED) is 0.837. The van der Waals surface area contributed by atoms with Gasteiger partial charge in [0.1, 0.15) is 0 Å². The van der Waals surface area contributed by atoms with E-state index in [2.05, 4.69) is 5.32 Å². The topological polar surface area (TPSA) is 75.7 Å². The summed E-state index contributed by atoms with van der Waals surface area (Å²) in [6.07, 6.45) is 2.54. The Kier molecular flexibility index (Phi) is 6.26. The summed E-state index contributed by atoms with van der Waals surface area (Å²) >= 11 is 5.92. The number of hydrogen-bond donors (Lipinski definition) is 1. The van der Waals surface area contributed by atoms with E-state index in [1.54, 1.807) is 24.3 Å². The molecule has 8 heteroatoms. The molecule has 0 atom stereocenters. The van der Waals surface area contributed by atoms with Gasteiger partial charge in [-0.05, 0) is 31.0 Å². The number of carbonyl (C=O) groups is 1. The van der Waals surface area contributed by atoms with Crippen molar-refractivity contribution in [3.8, 4) is 0 Å². The Labute approximate surface area is 141 Å². The molecule has 0 saturated carbocycles. The van der Waals surface area contributed by atoms with Gasteiger partial charge in [-0.25, -0.2) is 8.42 Å². The molecule has 1 aromatic rings. The molecule has 0 aromatic heterocycles. The van der Waals surface area contributed by atoms with Crippen molar-refractivity contribution < 1.29 is 17.9 Å². The number of amides is 1. The van der Waals surface area contributed by atoms with E-state index in [-0.39, 0.29) is 24.9 Å². The average molecular weight is 361 g/mol. The van der Waals surface area contributed by atoms with Gasteiger partial charge in [-0.3, -0.25) is 9.10 Å². The molecule has 1 heterocycles. The van der Waals surface area contributed by atoms with Gasteiger partial charge in [0.25, 0.3) is 0 Å². The summed E-state index contributed by atoms with van der Waals surface area (Å²) < 4.78 is 30.4. The molecule has 1 saturated heterocycles. The number of nitrogens with zero attached hydrogens (tertiary/aromatic N) is 1. The fourth-order valence-corrected chi connectivity index (χ4v) is 3.61. The molecule has 128 valence electrons. The number of nitrogens with one attached hydrogen (secondary N) is 1. The minimum atomic E-state index is -3.45. The molecule has 0 bridgehead atoms. The van der Waals surface area contributed by atoms with Crippen LogP contribution < -0.4 is 9.62 Å². The fourth-order valence-electron chi connectivity index (χ4n) is 2.50. The van der Waals surface area contributed by atoms with Gasteiger partial charge in [0, 0.05) is 30.7 Å². The van der Waals surface area contributed by atoms with Crippen LogP contribution in [0.25, 0.3) is 0 Å². The van der Waals surface area contributed by atoms with E-state index in [1.165, 1.54) is 4.31 Å². The van der Waals surface area contributed by atoms with Crippen LogP contribution in [0, 0.1) is 5.92 Å². The molecular weight excluding hydrogens is 340 g/mol. The largest absolute Gasteiger partial charge is 0.381 e. The smallest absolute Gasteiger partial charge is 0.232 e. The number of hydrogen-bond acceptors (Lipinski definition) is 4. The molecule has 1 amide bonds. The third-order valence-electron chi connectivity index (χ3n) is 3.70. The van der Waals surface area contributed by atoms with E-state index in [4.69, 9.17) is 16.3 Å². The first-order valence-electron chi connectivity index (χ1n) is 7.46. The van der Waals surface area contributed by atoms with Crippen molar-refractivity contribution in [3.05, 3.63) is 29.3 Å². The molecule has 23 heavy (non-hydrogen) atoms. The molecule has 0 unspecified atom stereocenters. The van der Waals surface area contributed by atoms with Crippen molar-refractivity contribution >= 4 is 33.2 Å². The molecule has 1 aliphatic rings. The van der Waals surface area contributed by atoms with Crippen LogP contribution in [0.15, 0.2) is 24.3 Å². The summed E-state index contributed by atoms with van der Waals surface area (Å²) in [5.41, 5.74) is 0.486. The van der Waals surface area contributed by atoms with Crippen molar-refractivity contribution in [1.82, 2.24) is 5.32 Å². The minimum Gasteiger partial charge on any atom is -0.381 e. The van der Waals surface area contributed by atoms with Gasteiger partial charge < -0.3 is 10.1 Å². The number of carbonyl (C=O) groups excluding carboxylic acids is 1. The van der Waals surface area contributed by atoms with Gasteiger partial charge in [0.05, 0.1) is 18.5 Å². The highest BCUT2D eigenvalue weighted by Gasteiger charge is 2.22. The summed E-state index contributed by atoms with van der Waals surface area (Å²) in [4.78, 5) is 12.1. The zero-order valence-corrected chi connectivity index (χ0v) is 14.6. The number of sulfonamides is 1. The van der Waals surface area contributed by atoms with E-state index in [1.807, 2.05) is 0 Å². The SMILES string of the molecule is CS(=O)(=O)N(CCNC(=O)C1CCOCC1)c1cccc(Cl)c1. The maximum Gasteiger partial charge on any atom is 0.232 e. The number of halogens is 1. The minimum absolute atomic E-state index is 0.0483. The predicted molar refractivity (Wildman–Crippen MR) is 90.2 cm³/mol. The molecule has 1 aliphatic heterocycles. The lowest BCUT2D eigenvalue weighted by Gasteiger charge is -2.24. The fraction of sp³-hybridized carbons (Fsp3) is 0.533. The van der Waals surface area contributed by atoms with Crippen LogP contribution in [0.2, 0.25) is 5.02 Å². The van der Waals surface area contributed by atoms with Gasteiger partial charge in [-0.15, -0.1) is 0 Å². The monoisotopic (exact) mass is 360 g/mol. The second-order valence-corrected chi connectivity index (χ2v) is 7.84. The van der Waals surface area contributed by atoms with Gasteiger partial charge in [0.2, 0.25) is 15.9 Å². The average Bonchev–Trinajstić information content (AvgIpc) is 2.51. The Hall–Kier alpha value is -1.31. The van der Waals surface area contributed by atoms with Crippen molar-refractivity contribution in [1.29, 1.82) is 0 Å². The van der Waals surface area contributed by atoms with Crippen molar-refractivity contribution in [2.24, 2.45) is 5.92 Å². The van der Waals surface area contributed by atoms with E-state index >= 15 is 0 Å². The Morgan fingerprint density at radius 2 is 2.09 bits per heavy atom. The van der Waals surface area contributed by atoms with Crippen LogP contribution >= 0.6 is 11.6 Å². The number of ether oxygens (including phenoxy) is 1. The summed E-state index contributed by atoms with van der Waals surface area (Å²) in [6.45, 7) is 1.59. The van der Waals surface area contributed by atoms with Crippen molar-refractivity contribution in [2.75, 3.05) is 36.9 Å². The van der Waals surface area contributed by atoms with Crippen LogP contribution in [0.4, 0.5) is 5.69 Å². The van der Waals surface area contributed by atoms with E-state index in [0.717, 1.165) is 6.26 Å². The Morgan fingerprint density at radius 3 is 2.70 bits per heavy atom. The maximum absolute atomic E-state index is 12.1. The summed E-state index contributed by atoms with van der Waals surface area (Å²) in [5.74, 6) is -0.102. The van der Waals surface area contributed by atoms with E-state index in [0.29, 0.717) is 36.8 Å². The predicted octanol–water partition coefficient (Wildman–Crippen LogP) is 1.65. The van der Waals surface area contributed by atoms with Gasteiger partial charge in [-0.1, -0.05) is 17.7 Å². The Morgan fingerprint density at radius 1 is 1.39 bits per heavy atom. The molecular formula is C15H21ClN2O4S. The normalized spacial score (nSPS) is 16.1. The highest BCUT2D eigenvalue weighted by atomic mass is 35.5. The number of rotatable bonds is 6. The van der Waals surface area contributed by atoms with Crippen LogP contribution in [0.1, 0.15) is 12.8 Å². The maximum atomic E-state index is 12.1. The first-order chi connectivity index (χ1) is 10.9. The third-order valence-corrected chi connectivity index (χ3v) is 5.13. The number of benzene rings is 1. The molecule has 0 aliphatic carbocycles. The standard InChI is InChI=1S/C15H21ClN2O4S/c1-23(20,21)18(14-4-2-3-13(16)11-14)8-7-17-15(19)12-5-9-22-10-6-12/h2-4,11-12H,5-10H2,1H3,(H,17,19). The molecule has 0 radical (unpaired) electrons. The molecule has 2 rings (SSSR count). The lowest BCUT2D eigenvalue weighted by atomic mass is 9.99. The summed E-state index contributed by atoms with van der Waals surface area (Å²) in [7, 11) is -3.45. The number of anilines is 1. The van der Waals surface area contributed by atoms with E-state index < -0.39 is 10.0 Å². The molecule has 0 spiro atoms. The first kappa shape index (κ1) is 18.0. The van der Waals surface area contributed by atoms with Gasteiger partial charge in [0.15, 0.2) is 0 Å². The molecule has 1 aromatic carbocycles. The zero-order valence-electron chi connectivity index (χ0n) is 13.0. The summed E-state index contributed by atoms with van der Waals surface area (Å²) in [6, 6.07) is 6.63. The van der Waals surface area contributed by atoms with Crippen molar-refractivity contribution in [3.63, 3.8) is 0 Å². The summed E-state index contributed by atoms with van der Waals surface area (Å²) in [5, 5.41) is 3.27. The Bertz CT molecular complexity index is 645. The molecule has 6 nitrogen and oxygen atoms in total. The lowest BCUT2D eigenvalue weighted by molar-refractivity contribution is -0.127. The van der Waals surface area contributed by atoms with Gasteiger partial charge in [-0.2, -0.15) is 0 Å². The highest BCUT2D eigenvalue weighted by Crippen LogP contribution is 2.21. The van der Waals surface area contributed by atoms with E-state index in [9.17, 15) is 13.2 Å². The first-order valence-corrected chi connectivity index (χ1v) is 9.69. The zero-order chi connectivity index (χ0) is 16.9. The molecule has 1 N–H and O–H groups in total. The van der Waals surface area contributed by atoms with Crippen LogP contribution in [0.3, 0.4) is 0 Å². The van der Waals surface area contributed by atoms with Crippen LogP contribution in [0.5, 0.6) is 0 Å². The van der Waals surface area contributed by atoms with Crippen molar-refractivity contribution in [2.45, 2.75) is 12.8 Å². The third kappa shape index (κ3) is 5.37. The van der Waals surface area contributed by atoms with Crippen LogP contribution in [-0.4, -0.2) is 46.9 Å². The lowest BCUT2D eigenvalue weighted by Crippen LogP contribution is -2.41. The molecule has 1 fully saturated rings. The Balaban J connectivity index is 1.95. The van der Waals surface area contributed by atoms with Crippen LogP contribution in [-0.2, 0) is 19.6 Å².